The van der Waals surface area contributed by atoms with Crippen molar-refractivity contribution in [3.05, 3.63) is 64.3 Å². The minimum atomic E-state index is -0.819. The van der Waals surface area contributed by atoms with Crippen molar-refractivity contribution >= 4 is 46.0 Å². The third-order valence-electron chi connectivity index (χ3n) is 5.70. The van der Waals surface area contributed by atoms with Crippen LogP contribution in [0, 0.1) is 5.92 Å². The molecule has 1 atom stereocenters. The second kappa shape index (κ2) is 8.43. The standard InChI is InChI=1S/C23H22ClN3O4/c24-15-4-8-19-18(11-15)17-7-3-14(23(30)31)10-20(17)27(19)12-22(29)26-16-5-1-13(2-6-16)9-21(25)28/h1-2,4-6,8,11,14H,3,7,9-10,12H2,(H2,25,28)(H,26,29)(H,30,31)/t14-/m1/s1. The molecule has 1 aromatic heterocycles. The largest absolute Gasteiger partial charge is 0.481 e. The van der Waals surface area contributed by atoms with Gasteiger partial charge in [-0.25, -0.2) is 0 Å². The Balaban J connectivity index is 1.60. The van der Waals surface area contributed by atoms with Gasteiger partial charge in [0, 0.05) is 33.7 Å². The first-order valence-corrected chi connectivity index (χ1v) is 10.4. The van der Waals surface area contributed by atoms with Crippen LogP contribution in [0.4, 0.5) is 5.69 Å². The predicted octanol–water partition coefficient (Wildman–Crippen LogP) is 3.15. The van der Waals surface area contributed by atoms with E-state index in [4.69, 9.17) is 17.3 Å². The highest BCUT2D eigenvalue weighted by atomic mass is 35.5. The number of carbonyl (C=O) groups excluding carboxylic acids is 2. The lowest BCUT2D eigenvalue weighted by Crippen LogP contribution is -2.26. The van der Waals surface area contributed by atoms with Crippen molar-refractivity contribution in [3.8, 4) is 0 Å². The Morgan fingerprint density at radius 3 is 2.58 bits per heavy atom. The molecule has 160 valence electrons. The third kappa shape index (κ3) is 4.41. The van der Waals surface area contributed by atoms with E-state index in [0.717, 1.165) is 27.7 Å². The molecule has 2 aromatic carbocycles. The summed E-state index contributed by atoms with van der Waals surface area (Å²) < 4.78 is 1.90. The molecule has 3 aromatic rings. The summed E-state index contributed by atoms with van der Waals surface area (Å²) in [4.78, 5) is 35.4. The van der Waals surface area contributed by atoms with Gasteiger partial charge in [-0.3, -0.25) is 14.4 Å². The number of hydrogen-bond donors (Lipinski definition) is 3. The van der Waals surface area contributed by atoms with E-state index in [2.05, 4.69) is 5.32 Å². The van der Waals surface area contributed by atoms with Gasteiger partial charge in [0.25, 0.3) is 0 Å². The number of carboxylic acid groups (broad SMARTS) is 1. The molecule has 0 unspecified atom stereocenters. The summed E-state index contributed by atoms with van der Waals surface area (Å²) in [7, 11) is 0. The average Bonchev–Trinajstić information content (AvgIpc) is 3.01. The first-order valence-electron chi connectivity index (χ1n) is 10.0. The molecular weight excluding hydrogens is 418 g/mol. The molecule has 0 bridgehead atoms. The van der Waals surface area contributed by atoms with E-state index < -0.39 is 17.8 Å². The summed E-state index contributed by atoms with van der Waals surface area (Å²) in [6, 6.07) is 12.5. The molecule has 1 aliphatic rings. The Bertz CT molecular complexity index is 1180. The molecule has 0 fully saturated rings. The molecule has 1 aliphatic carbocycles. The Morgan fingerprint density at radius 2 is 1.90 bits per heavy atom. The minimum absolute atomic E-state index is 0.0584. The fourth-order valence-electron chi connectivity index (χ4n) is 4.26. The number of aryl methyl sites for hydroxylation is 1. The number of anilines is 1. The quantitative estimate of drug-likeness (QED) is 0.547. The van der Waals surface area contributed by atoms with Gasteiger partial charge in [-0.2, -0.15) is 0 Å². The smallest absolute Gasteiger partial charge is 0.306 e. The van der Waals surface area contributed by atoms with Crippen LogP contribution in [0.3, 0.4) is 0 Å². The van der Waals surface area contributed by atoms with Gasteiger partial charge in [0.1, 0.15) is 6.54 Å². The Kier molecular flexibility index (Phi) is 5.69. The van der Waals surface area contributed by atoms with Gasteiger partial charge in [-0.15, -0.1) is 0 Å². The highest BCUT2D eigenvalue weighted by Crippen LogP contribution is 2.35. The highest BCUT2D eigenvalue weighted by Gasteiger charge is 2.29. The maximum atomic E-state index is 12.8. The van der Waals surface area contributed by atoms with E-state index in [1.807, 2.05) is 16.7 Å². The van der Waals surface area contributed by atoms with Crippen LogP contribution in [0.15, 0.2) is 42.5 Å². The van der Waals surface area contributed by atoms with Crippen LogP contribution in [0.25, 0.3) is 10.9 Å². The van der Waals surface area contributed by atoms with Gasteiger partial charge in [-0.1, -0.05) is 23.7 Å². The van der Waals surface area contributed by atoms with Crippen LogP contribution in [-0.2, 0) is 40.2 Å². The van der Waals surface area contributed by atoms with Crippen LogP contribution in [-0.4, -0.2) is 27.5 Å². The summed E-state index contributed by atoms with van der Waals surface area (Å²) in [6.07, 6.45) is 1.73. The summed E-state index contributed by atoms with van der Waals surface area (Å²) >= 11 is 6.20. The van der Waals surface area contributed by atoms with Crippen molar-refractivity contribution in [1.29, 1.82) is 0 Å². The zero-order valence-electron chi connectivity index (χ0n) is 16.7. The van der Waals surface area contributed by atoms with Crippen molar-refractivity contribution in [3.63, 3.8) is 0 Å². The number of nitrogens with one attached hydrogen (secondary N) is 1. The number of aromatic nitrogens is 1. The van der Waals surface area contributed by atoms with Crippen LogP contribution in [0.5, 0.6) is 0 Å². The molecule has 0 saturated carbocycles. The van der Waals surface area contributed by atoms with E-state index in [1.54, 1.807) is 30.3 Å². The monoisotopic (exact) mass is 439 g/mol. The number of primary amides is 1. The van der Waals surface area contributed by atoms with E-state index >= 15 is 0 Å². The topological polar surface area (TPSA) is 114 Å². The number of benzene rings is 2. The van der Waals surface area contributed by atoms with Crippen LogP contribution in [0.1, 0.15) is 23.2 Å². The van der Waals surface area contributed by atoms with E-state index in [-0.39, 0.29) is 18.9 Å². The normalized spacial score (nSPS) is 15.5. The molecule has 0 spiro atoms. The minimum Gasteiger partial charge on any atom is -0.481 e. The van der Waals surface area contributed by atoms with Gasteiger partial charge < -0.3 is 20.7 Å². The third-order valence-corrected chi connectivity index (χ3v) is 5.93. The number of amides is 2. The van der Waals surface area contributed by atoms with Gasteiger partial charge in [0.05, 0.1) is 12.3 Å². The number of carboxylic acids is 1. The summed E-state index contributed by atoms with van der Waals surface area (Å²) in [5, 5.41) is 13.9. The molecule has 2 amide bonds. The van der Waals surface area contributed by atoms with E-state index in [1.165, 1.54) is 0 Å². The maximum absolute atomic E-state index is 12.8. The molecular formula is C23H22ClN3O4. The molecule has 1 heterocycles. The van der Waals surface area contributed by atoms with Crippen LogP contribution in [0.2, 0.25) is 5.02 Å². The summed E-state index contributed by atoms with van der Waals surface area (Å²) in [5.74, 6) is -1.93. The van der Waals surface area contributed by atoms with Crippen LogP contribution < -0.4 is 11.1 Å². The number of rotatable bonds is 6. The second-order valence-corrected chi connectivity index (χ2v) is 8.28. The molecule has 4 N–H and O–H groups in total. The second-order valence-electron chi connectivity index (χ2n) is 7.84. The number of carbonyl (C=O) groups is 3. The Hall–Kier alpha value is -3.32. The highest BCUT2D eigenvalue weighted by molar-refractivity contribution is 6.31. The average molecular weight is 440 g/mol. The van der Waals surface area contributed by atoms with Gasteiger partial charge in [0.15, 0.2) is 0 Å². The van der Waals surface area contributed by atoms with E-state index in [0.29, 0.717) is 30.0 Å². The zero-order chi connectivity index (χ0) is 22.1. The van der Waals surface area contributed by atoms with Crippen molar-refractivity contribution in [1.82, 2.24) is 4.57 Å². The van der Waals surface area contributed by atoms with Crippen LogP contribution >= 0.6 is 11.6 Å². The summed E-state index contributed by atoms with van der Waals surface area (Å²) in [6.45, 7) is 0.0584. The van der Waals surface area contributed by atoms with Crippen molar-refractivity contribution in [2.75, 3.05) is 5.32 Å². The molecule has 0 radical (unpaired) electrons. The Labute approximate surface area is 183 Å². The van der Waals surface area contributed by atoms with Crippen molar-refractivity contribution < 1.29 is 19.5 Å². The lowest BCUT2D eigenvalue weighted by molar-refractivity contribution is -0.142. The number of halogens is 1. The predicted molar refractivity (Wildman–Crippen MR) is 118 cm³/mol. The molecule has 8 heteroatoms. The fraction of sp³-hybridized carbons (Fsp3) is 0.261. The lowest BCUT2D eigenvalue weighted by Gasteiger charge is -2.21. The fourth-order valence-corrected chi connectivity index (χ4v) is 4.43. The first kappa shape index (κ1) is 20.9. The number of nitrogens with zero attached hydrogens (tertiary/aromatic N) is 1. The van der Waals surface area contributed by atoms with Crippen molar-refractivity contribution in [2.24, 2.45) is 11.7 Å². The lowest BCUT2D eigenvalue weighted by atomic mass is 9.87. The van der Waals surface area contributed by atoms with Gasteiger partial charge in [0.2, 0.25) is 11.8 Å². The summed E-state index contributed by atoms with van der Waals surface area (Å²) in [5.41, 5.74) is 9.39. The first-order chi connectivity index (χ1) is 14.8. The molecule has 4 rings (SSSR count). The molecule has 31 heavy (non-hydrogen) atoms. The number of aliphatic carboxylic acids is 1. The number of nitrogens with two attached hydrogens (primary N) is 1. The van der Waals surface area contributed by atoms with Gasteiger partial charge in [-0.05, 0) is 54.3 Å². The Morgan fingerprint density at radius 1 is 1.16 bits per heavy atom. The zero-order valence-corrected chi connectivity index (χ0v) is 17.5. The van der Waals surface area contributed by atoms with Gasteiger partial charge >= 0.3 is 5.97 Å². The van der Waals surface area contributed by atoms with E-state index in [9.17, 15) is 19.5 Å². The number of fused-ring (bicyclic) bond motifs is 3. The molecule has 0 saturated heterocycles. The number of hydrogen-bond acceptors (Lipinski definition) is 3. The maximum Gasteiger partial charge on any atom is 0.306 e. The molecule has 7 nitrogen and oxygen atoms in total. The molecule has 0 aliphatic heterocycles. The SMILES string of the molecule is NC(=O)Cc1ccc(NC(=O)Cn2c3c(c4cc(Cl)ccc42)CC[C@@H](C(=O)O)C3)cc1. The van der Waals surface area contributed by atoms with Crippen molar-refractivity contribution in [2.45, 2.75) is 32.2 Å².